The Morgan fingerprint density at radius 3 is 2.83 bits per heavy atom. The van der Waals surface area contributed by atoms with Crippen molar-refractivity contribution in [3.05, 3.63) is 29.3 Å². The van der Waals surface area contributed by atoms with Crippen LogP contribution in [0.3, 0.4) is 0 Å². The summed E-state index contributed by atoms with van der Waals surface area (Å²) in [5, 5.41) is 4.24. The molecule has 18 heavy (non-hydrogen) atoms. The molecular formula is C15H23ClN2. The highest BCUT2D eigenvalue weighted by molar-refractivity contribution is 6.30. The van der Waals surface area contributed by atoms with E-state index in [4.69, 9.17) is 11.6 Å². The molecule has 1 aliphatic rings. The SMILES string of the molecule is CCCC1CCN(CCNc2ccc(Cl)cc2)C1. The highest BCUT2D eigenvalue weighted by atomic mass is 35.5. The lowest BCUT2D eigenvalue weighted by atomic mass is 10.0. The summed E-state index contributed by atoms with van der Waals surface area (Å²) in [6.45, 7) is 7.00. The maximum Gasteiger partial charge on any atom is 0.0407 e. The first-order valence-corrected chi connectivity index (χ1v) is 7.37. The first kappa shape index (κ1) is 13.7. The number of hydrogen-bond acceptors (Lipinski definition) is 2. The van der Waals surface area contributed by atoms with Gasteiger partial charge in [0.1, 0.15) is 0 Å². The average molecular weight is 267 g/mol. The van der Waals surface area contributed by atoms with Gasteiger partial charge in [-0.3, -0.25) is 0 Å². The molecule has 1 aromatic rings. The normalized spacial score (nSPS) is 20.2. The molecule has 0 aliphatic carbocycles. The average Bonchev–Trinajstić information content (AvgIpc) is 2.80. The molecular weight excluding hydrogens is 244 g/mol. The molecule has 0 bridgehead atoms. The molecule has 2 rings (SSSR count). The zero-order valence-electron chi connectivity index (χ0n) is 11.2. The molecule has 2 nitrogen and oxygen atoms in total. The standard InChI is InChI=1S/C15H23ClN2/c1-2-3-13-8-10-18(12-13)11-9-17-15-6-4-14(16)5-7-15/h4-7,13,17H,2-3,8-12H2,1H3. The van der Waals surface area contributed by atoms with Crippen molar-refractivity contribution in [1.29, 1.82) is 0 Å². The van der Waals surface area contributed by atoms with Crippen molar-refractivity contribution in [2.24, 2.45) is 5.92 Å². The van der Waals surface area contributed by atoms with Crippen LogP contribution in [0.5, 0.6) is 0 Å². The molecule has 3 heteroatoms. The van der Waals surface area contributed by atoms with Gasteiger partial charge in [0.25, 0.3) is 0 Å². The molecule has 1 aliphatic heterocycles. The van der Waals surface area contributed by atoms with Gasteiger partial charge < -0.3 is 10.2 Å². The van der Waals surface area contributed by atoms with Gasteiger partial charge >= 0.3 is 0 Å². The number of nitrogens with zero attached hydrogens (tertiary/aromatic N) is 1. The van der Waals surface area contributed by atoms with Crippen LogP contribution in [-0.4, -0.2) is 31.1 Å². The molecule has 0 spiro atoms. The van der Waals surface area contributed by atoms with E-state index in [9.17, 15) is 0 Å². The molecule has 1 saturated heterocycles. The largest absolute Gasteiger partial charge is 0.384 e. The topological polar surface area (TPSA) is 15.3 Å². The summed E-state index contributed by atoms with van der Waals surface area (Å²) in [5.41, 5.74) is 1.16. The number of anilines is 1. The molecule has 0 amide bonds. The van der Waals surface area contributed by atoms with E-state index in [1.165, 1.54) is 32.4 Å². The van der Waals surface area contributed by atoms with E-state index in [0.717, 1.165) is 29.7 Å². The molecule has 1 heterocycles. The Morgan fingerprint density at radius 1 is 1.33 bits per heavy atom. The van der Waals surface area contributed by atoms with Gasteiger partial charge in [-0.1, -0.05) is 24.9 Å². The predicted molar refractivity (Wildman–Crippen MR) is 79.4 cm³/mol. The maximum atomic E-state index is 5.86. The number of hydrogen-bond donors (Lipinski definition) is 1. The Labute approximate surface area is 115 Å². The minimum absolute atomic E-state index is 0.794. The zero-order chi connectivity index (χ0) is 12.8. The molecule has 0 saturated carbocycles. The monoisotopic (exact) mass is 266 g/mol. The van der Waals surface area contributed by atoms with Gasteiger partial charge in [-0.05, 0) is 49.6 Å². The van der Waals surface area contributed by atoms with Crippen LogP contribution in [0, 0.1) is 5.92 Å². The summed E-state index contributed by atoms with van der Waals surface area (Å²) >= 11 is 5.86. The predicted octanol–water partition coefficient (Wildman–Crippen LogP) is 3.87. The molecule has 1 N–H and O–H groups in total. The first-order chi connectivity index (χ1) is 8.78. The fourth-order valence-electron chi connectivity index (χ4n) is 2.69. The lowest BCUT2D eigenvalue weighted by Crippen LogP contribution is -2.27. The van der Waals surface area contributed by atoms with E-state index >= 15 is 0 Å². The number of rotatable bonds is 6. The first-order valence-electron chi connectivity index (χ1n) is 6.99. The van der Waals surface area contributed by atoms with Gasteiger partial charge in [0.15, 0.2) is 0 Å². The molecule has 1 aromatic carbocycles. The van der Waals surface area contributed by atoms with E-state index in [2.05, 4.69) is 17.1 Å². The van der Waals surface area contributed by atoms with Gasteiger partial charge in [-0.25, -0.2) is 0 Å². The Hall–Kier alpha value is -0.730. The smallest absolute Gasteiger partial charge is 0.0407 e. The fourth-order valence-corrected chi connectivity index (χ4v) is 2.81. The third kappa shape index (κ3) is 4.18. The molecule has 1 atom stereocenters. The quantitative estimate of drug-likeness (QED) is 0.841. The van der Waals surface area contributed by atoms with Crippen LogP contribution in [0.25, 0.3) is 0 Å². The van der Waals surface area contributed by atoms with E-state index in [-0.39, 0.29) is 0 Å². The maximum absolute atomic E-state index is 5.86. The number of nitrogens with one attached hydrogen (secondary N) is 1. The van der Waals surface area contributed by atoms with Gasteiger partial charge in [0.05, 0.1) is 0 Å². The van der Waals surface area contributed by atoms with Crippen LogP contribution in [0.2, 0.25) is 5.02 Å². The highest BCUT2D eigenvalue weighted by Crippen LogP contribution is 2.20. The van der Waals surface area contributed by atoms with Crippen molar-refractivity contribution < 1.29 is 0 Å². The molecule has 1 fully saturated rings. The fraction of sp³-hybridized carbons (Fsp3) is 0.600. The zero-order valence-corrected chi connectivity index (χ0v) is 11.9. The van der Waals surface area contributed by atoms with Crippen molar-refractivity contribution in [2.45, 2.75) is 26.2 Å². The van der Waals surface area contributed by atoms with Gasteiger partial charge in [0.2, 0.25) is 0 Å². The van der Waals surface area contributed by atoms with Crippen molar-refractivity contribution in [3.63, 3.8) is 0 Å². The van der Waals surface area contributed by atoms with Crippen LogP contribution in [0.15, 0.2) is 24.3 Å². The van der Waals surface area contributed by atoms with Crippen molar-refractivity contribution >= 4 is 17.3 Å². The van der Waals surface area contributed by atoms with Crippen LogP contribution in [-0.2, 0) is 0 Å². The highest BCUT2D eigenvalue weighted by Gasteiger charge is 2.20. The van der Waals surface area contributed by atoms with E-state index in [0.29, 0.717) is 0 Å². The lowest BCUT2D eigenvalue weighted by molar-refractivity contribution is 0.332. The van der Waals surface area contributed by atoms with E-state index in [1.54, 1.807) is 0 Å². The summed E-state index contributed by atoms with van der Waals surface area (Å²) < 4.78 is 0. The molecule has 1 unspecified atom stereocenters. The van der Waals surface area contributed by atoms with Crippen LogP contribution in [0.4, 0.5) is 5.69 Å². The van der Waals surface area contributed by atoms with Crippen LogP contribution < -0.4 is 5.32 Å². The third-order valence-corrected chi connectivity index (χ3v) is 3.92. The number of halogens is 1. The summed E-state index contributed by atoms with van der Waals surface area (Å²) in [4.78, 5) is 2.57. The summed E-state index contributed by atoms with van der Waals surface area (Å²) in [5.74, 6) is 0.936. The Bertz CT molecular complexity index is 350. The summed E-state index contributed by atoms with van der Waals surface area (Å²) in [7, 11) is 0. The third-order valence-electron chi connectivity index (χ3n) is 3.67. The van der Waals surface area contributed by atoms with Gasteiger partial charge in [-0.2, -0.15) is 0 Å². The lowest BCUT2D eigenvalue weighted by Gasteiger charge is -2.16. The van der Waals surface area contributed by atoms with Gasteiger partial charge in [0, 0.05) is 30.3 Å². The number of likely N-dealkylation sites (tertiary alicyclic amines) is 1. The van der Waals surface area contributed by atoms with Crippen LogP contribution >= 0.6 is 11.6 Å². The Kier molecular flexibility index (Phi) is 5.33. The van der Waals surface area contributed by atoms with Crippen LogP contribution in [0.1, 0.15) is 26.2 Å². The van der Waals surface area contributed by atoms with E-state index in [1.807, 2.05) is 24.3 Å². The molecule has 0 aromatic heterocycles. The minimum Gasteiger partial charge on any atom is -0.384 e. The summed E-state index contributed by atoms with van der Waals surface area (Å²) in [6, 6.07) is 7.92. The van der Waals surface area contributed by atoms with Gasteiger partial charge in [-0.15, -0.1) is 0 Å². The van der Waals surface area contributed by atoms with E-state index < -0.39 is 0 Å². The Balaban J connectivity index is 1.65. The molecule has 0 radical (unpaired) electrons. The second kappa shape index (κ2) is 7.01. The van der Waals surface area contributed by atoms with Crippen molar-refractivity contribution in [3.8, 4) is 0 Å². The minimum atomic E-state index is 0.794. The number of benzene rings is 1. The molecule has 100 valence electrons. The van der Waals surface area contributed by atoms with Crippen molar-refractivity contribution in [1.82, 2.24) is 4.90 Å². The summed E-state index contributed by atoms with van der Waals surface area (Å²) in [6.07, 6.45) is 4.09. The second-order valence-corrected chi connectivity index (χ2v) is 5.61. The van der Waals surface area contributed by atoms with Crippen molar-refractivity contribution in [2.75, 3.05) is 31.5 Å². The second-order valence-electron chi connectivity index (χ2n) is 5.18. The Morgan fingerprint density at radius 2 is 2.11 bits per heavy atom.